The molecule has 2 heteroatoms. The van der Waals surface area contributed by atoms with Gasteiger partial charge in [0.15, 0.2) is 0 Å². The van der Waals surface area contributed by atoms with Crippen molar-refractivity contribution in [3.63, 3.8) is 0 Å². The van der Waals surface area contributed by atoms with Crippen LogP contribution in [0.2, 0.25) is 17.3 Å². The summed E-state index contributed by atoms with van der Waals surface area (Å²) in [6.07, 6.45) is 2.03. The molecular weight excluding hydrogens is 363 g/mol. The molecule has 1 heterocycles. The van der Waals surface area contributed by atoms with Crippen molar-refractivity contribution in [3.8, 4) is 22.4 Å². The Morgan fingerprint density at radius 1 is 0.840 bits per heavy atom. The van der Waals surface area contributed by atoms with Crippen molar-refractivity contribution in [1.29, 1.82) is 0 Å². The van der Waals surface area contributed by atoms with E-state index in [-0.39, 0.29) is 0 Å². The Balaban J connectivity index is 2.02. The van der Waals surface area contributed by atoms with Gasteiger partial charge in [-0.05, 0) is 0 Å². The zero-order chi connectivity index (χ0) is 18.9. The number of hydrogen-bond donors (Lipinski definition) is 0. The molecule has 0 saturated heterocycles. The molecule has 1 nitrogen and oxygen atoms in total. The Kier molecular flexibility index (Phi) is 4.76. The van der Waals surface area contributed by atoms with E-state index in [0.717, 1.165) is 16.8 Å². The molecule has 0 amide bonds. The van der Waals surface area contributed by atoms with Crippen LogP contribution in [0.15, 0.2) is 66.9 Å². The topological polar surface area (TPSA) is 12.9 Å². The number of pyridine rings is 1. The van der Waals surface area contributed by atoms with Crippen LogP contribution in [0.1, 0.15) is 26.7 Å². The Bertz CT molecular complexity index is 888. The number of rotatable bonds is 4. The maximum absolute atomic E-state index is 8.60. The standard InChI is InChI=1S/C23H27GeN/c1-17(2)21-15-23(25-16-22(21)24(3,4)5)20-13-11-19(12-14-20)18-9-7-6-8-10-18/h6-17H,1-5H3/i17D. The molecule has 0 spiro atoms. The molecule has 25 heavy (non-hydrogen) atoms. The van der Waals surface area contributed by atoms with E-state index in [0.29, 0.717) is 0 Å². The monoisotopic (exact) mass is 392 g/mol. The van der Waals surface area contributed by atoms with E-state index in [1.54, 1.807) is 0 Å². The Labute approximate surface area is 155 Å². The van der Waals surface area contributed by atoms with Crippen molar-refractivity contribution in [2.24, 2.45) is 0 Å². The summed E-state index contributed by atoms with van der Waals surface area (Å²) in [5, 5.41) is 0. The van der Waals surface area contributed by atoms with Gasteiger partial charge in [-0.25, -0.2) is 0 Å². The molecule has 3 rings (SSSR count). The summed E-state index contributed by atoms with van der Waals surface area (Å²) in [5.74, 6) is 6.47. The molecule has 0 atom stereocenters. The molecule has 0 N–H and O–H groups in total. The summed E-state index contributed by atoms with van der Waals surface area (Å²) in [7, 11) is 0. The van der Waals surface area contributed by atoms with Crippen LogP contribution in [-0.2, 0) is 0 Å². The second-order valence-electron chi connectivity index (χ2n) is 7.81. The van der Waals surface area contributed by atoms with Gasteiger partial charge in [0, 0.05) is 0 Å². The van der Waals surface area contributed by atoms with E-state index >= 15 is 0 Å². The van der Waals surface area contributed by atoms with Gasteiger partial charge in [-0.1, -0.05) is 0 Å². The third kappa shape index (κ3) is 4.04. The number of benzene rings is 2. The van der Waals surface area contributed by atoms with Crippen LogP contribution in [0.5, 0.6) is 0 Å². The van der Waals surface area contributed by atoms with Gasteiger partial charge >= 0.3 is 156 Å². The molecule has 0 aliphatic carbocycles. The summed E-state index contributed by atoms with van der Waals surface area (Å²) < 4.78 is 9.93. The summed E-state index contributed by atoms with van der Waals surface area (Å²) in [6, 6.07) is 21.1. The molecule has 0 saturated carbocycles. The van der Waals surface area contributed by atoms with Gasteiger partial charge < -0.3 is 0 Å². The first-order valence-corrected chi connectivity index (χ1v) is 16.2. The second-order valence-corrected chi connectivity index (χ2v) is 18.4. The first kappa shape index (κ1) is 16.6. The van der Waals surface area contributed by atoms with Gasteiger partial charge in [0.1, 0.15) is 0 Å². The second kappa shape index (κ2) is 7.17. The maximum atomic E-state index is 8.60. The first-order chi connectivity index (χ1) is 12.2. The Morgan fingerprint density at radius 2 is 1.40 bits per heavy atom. The normalized spacial score (nSPS) is 12.8. The van der Waals surface area contributed by atoms with Gasteiger partial charge in [-0.15, -0.1) is 0 Å². The zero-order valence-corrected chi connectivity index (χ0v) is 17.9. The molecule has 0 aliphatic heterocycles. The molecule has 0 radical (unpaired) electrons. The van der Waals surface area contributed by atoms with Crippen LogP contribution in [0, 0.1) is 0 Å². The predicted octanol–water partition coefficient (Wildman–Crippen LogP) is 6.08. The molecule has 0 unspecified atom stereocenters. The third-order valence-electron chi connectivity index (χ3n) is 4.54. The fourth-order valence-corrected chi connectivity index (χ4v) is 6.41. The van der Waals surface area contributed by atoms with Crippen molar-refractivity contribution in [1.82, 2.24) is 4.98 Å². The third-order valence-corrected chi connectivity index (χ3v) is 8.76. The fourth-order valence-electron chi connectivity index (χ4n) is 3.09. The van der Waals surface area contributed by atoms with Crippen molar-refractivity contribution in [3.05, 3.63) is 72.4 Å². The van der Waals surface area contributed by atoms with Crippen LogP contribution < -0.4 is 4.40 Å². The molecule has 1 aromatic heterocycles. The summed E-state index contributed by atoms with van der Waals surface area (Å²) in [4.78, 5) is 4.76. The predicted molar refractivity (Wildman–Crippen MR) is 112 cm³/mol. The number of aromatic nitrogens is 1. The van der Waals surface area contributed by atoms with Crippen LogP contribution in [0.25, 0.3) is 22.4 Å². The first-order valence-electron chi connectivity index (χ1n) is 9.33. The minimum atomic E-state index is -2.08. The van der Waals surface area contributed by atoms with Gasteiger partial charge in [-0.2, -0.15) is 0 Å². The van der Waals surface area contributed by atoms with Gasteiger partial charge in [0.05, 0.1) is 0 Å². The van der Waals surface area contributed by atoms with Gasteiger partial charge in [0.2, 0.25) is 0 Å². The van der Waals surface area contributed by atoms with Crippen LogP contribution in [0.3, 0.4) is 0 Å². The average molecular weight is 391 g/mol. The van der Waals surface area contributed by atoms with Crippen LogP contribution >= 0.6 is 0 Å². The average Bonchev–Trinajstić information content (AvgIpc) is 2.61. The molecule has 0 bridgehead atoms. The molecule has 3 aromatic rings. The van der Waals surface area contributed by atoms with Crippen LogP contribution in [0.4, 0.5) is 0 Å². The van der Waals surface area contributed by atoms with E-state index in [1.807, 2.05) is 26.1 Å². The van der Waals surface area contributed by atoms with Crippen molar-refractivity contribution in [2.45, 2.75) is 37.0 Å². The van der Waals surface area contributed by atoms with Crippen molar-refractivity contribution < 1.29 is 1.37 Å². The summed E-state index contributed by atoms with van der Waals surface area (Å²) in [5.41, 5.74) is 5.61. The van der Waals surface area contributed by atoms with Crippen LogP contribution in [-0.4, -0.2) is 18.3 Å². The summed E-state index contributed by atoms with van der Waals surface area (Å²) >= 11 is -2.08. The summed E-state index contributed by atoms with van der Waals surface area (Å²) in [6.45, 7) is 3.95. The van der Waals surface area contributed by atoms with Crippen molar-refractivity contribution in [2.75, 3.05) is 0 Å². The minimum absolute atomic E-state index is 0.616. The quantitative estimate of drug-likeness (QED) is 0.491. The fraction of sp³-hybridized carbons (Fsp3) is 0.261. The number of hydrogen-bond acceptors (Lipinski definition) is 1. The van der Waals surface area contributed by atoms with Crippen molar-refractivity contribution >= 4 is 17.7 Å². The molecule has 0 fully saturated rings. The van der Waals surface area contributed by atoms with E-state index in [1.165, 1.54) is 15.5 Å². The van der Waals surface area contributed by atoms with E-state index in [9.17, 15) is 0 Å². The van der Waals surface area contributed by atoms with E-state index < -0.39 is 19.2 Å². The number of nitrogens with zero attached hydrogens (tertiary/aromatic N) is 1. The Morgan fingerprint density at radius 3 is 1.96 bits per heavy atom. The molecule has 0 aliphatic rings. The molecule has 128 valence electrons. The zero-order valence-electron chi connectivity index (χ0n) is 16.8. The van der Waals surface area contributed by atoms with E-state index in [4.69, 9.17) is 6.35 Å². The molecular formula is C23H27GeN. The van der Waals surface area contributed by atoms with Gasteiger partial charge in [-0.3, -0.25) is 0 Å². The van der Waals surface area contributed by atoms with Gasteiger partial charge in [0.25, 0.3) is 0 Å². The SMILES string of the molecule is [2H]C(C)(C)c1cc(-c2ccc(-c3ccccc3)cc2)nc[c]1[Ge]([CH3])([CH3])[CH3]. The Hall–Kier alpha value is -1.87. The molecule has 2 aromatic carbocycles. The van der Waals surface area contributed by atoms with E-state index in [2.05, 4.69) is 71.9 Å².